The van der Waals surface area contributed by atoms with Gasteiger partial charge in [-0.05, 0) is 48.4 Å². The fourth-order valence-electron chi connectivity index (χ4n) is 2.41. The van der Waals surface area contributed by atoms with Crippen molar-refractivity contribution >= 4 is 22.5 Å². The predicted molar refractivity (Wildman–Crippen MR) is 83.6 cm³/mol. The quantitative estimate of drug-likeness (QED) is 0.686. The zero-order valence-corrected chi connectivity index (χ0v) is 12.1. The first-order valence-corrected chi connectivity index (χ1v) is 7.01. The summed E-state index contributed by atoms with van der Waals surface area (Å²) in [6, 6.07) is 16.4. The van der Waals surface area contributed by atoms with Crippen molar-refractivity contribution in [3.63, 3.8) is 0 Å². The standard InChI is InChI=1S/C17H16ClNO/c1-20-16-5-2-13(3-6-16)8-10-19-11-9-14-12-15(18)4-7-17(14)19/h2-7,9,11-12H,8,10H2,1H3. The molecule has 1 heterocycles. The van der Waals surface area contributed by atoms with Crippen LogP contribution in [0.1, 0.15) is 5.56 Å². The predicted octanol–water partition coefficient (Wildman–Crippen LogP) is 4.55. The van der Waals surface area contributed by atoms with Gasteiger partial charge in [-0.25, -0.2) is 0 Å². The molecule has 2 nitrogen and oxygen atoms in total. The summed E-state index contributed by atoms with van der Waals surface area (Å²) in [6.07, 6.45) is 3.11. The second-order valence-electron chi connectivity index (χ2n) is 4.81. The van der Waals surface area contributed by atoms with Gasteiger partial charge in [-0.1, -0.05) is 23.7 Å². The van der Waals surface area contributed by atoms with Gasteiger partial charge in [0.1, 0.15) is 5.75 Å². The lowest BCUT2D eigenvalue weighted by atomic mass is 10.1. The first-order chi connectivity index (χ1) is 9.76. The Morgan fingerprint density at radius 2 is 1.85 bits per heavy atom. The molecule has 1 aromatic heterocycles. The van der Waals surface area contributed by atoms with Crippen molar-refractivity contribution in [1.29, 1.82) is 0 Å². The van der Waals surface area contributed by atoms with Crippen LogP contribution in [0, 0.1) is 0 Å². The number of aryl methyl sites for hydroxylation is 2. The van der Waals surface area contributed by atoms with Crippen LogP contribution in [0.25, 0.3) is 10.9 Å². The van der Waals surface area contributed by atoms with Crippen molar-refractivity contribution in [3.8, 4) is 5.75 Å². The van der Waals surface area contributed by atoms with E-state index in [2.05, 4.69) is 35.0 Å². The van der Waals surface area contributed by atoms with E-state index in [1.165, 1.54) is 16.5 Å². The average Bonchev–Trinajstić information content (AvgIpc) is 2.88. The third-order valence-electron chi connectivity index (χ3n) is 3.53. The van der Waals surface area contributed by atoms with Gasteiger partial charge in [-0.3, -0.25) is 0 Å². The van der Waals surface area contributed by atoms with Crippen LogP contribution in [0.2, 0.25) is 5.02 Å². The van der Waals surface area contributed by atoms with Gasteiger partial charge in [-0.15, -0.1) is 0 Å². The minimum Gasteiger partial charge on any atom is -0.497 e. The van der Waals surface area contributed by atoms with Crippen LogP contribution >= 0.6 is 11.6 Å². The molecule has 0 bridgehead atoms. The van der Waals surface area contributed by atoms with Crippen LogP contribution in [0.4, 0.5) is 0 Å². The third kappa shape index (κ3) is 2.66. The lowest BCUT2D eigenvalue weighted by Gasteiger charge is -2.07. The summed E-state index contributed by atoms with van der Waals surface area (Å²) in [5, 5.41) is 1.97. The van der Waals surface area contributed by atoms with Gasteiger partial charge in [0, 0.05) is 28.7 Å². The molecule has 0 spiro atoms. The molecule has 0 aliphatic carbocycles. The molecule has 0 aliphatic rings. The Kier molecular flexibility index (Phi) is 3.66. The SMILES string of the molecule is COc1ccc(CCn2ccc3cc(Cl)ccc32)cc1. The molecule has 3 rings (SSSR count). The third-order valence-corrected chi connectivity index (χ3v) is 3.77. The van der Waals surface area contributed by atoms with E-state index in [9.17, 15) is 0 Å². The Balaban J connectivity index is 1.76. The van der Waals surface area contributed by atoms with E-state index >= 15 is 0 Å². The first kappa shape index (κ1) is 13.1. The Labute approximate surface area is 123 Å². The van der Waals surface area contributed by atoms with Gasteiger partial charge in [0.2, 0.25) is 0 Å². The maximum Gasteiger partial charge on any atom is 0.118 e. The molecule has 0 amide bonds. The molecule has 3 aromatic rings. The van der Waals surface area contributed by atoms with Crippen molar-refractivity contribution in [2.75, 3.05) is 7.11 Å². The minimum atomic E-state index is 0.783. The van der Waals surface area contributed by atoms with Crippen LogP contribution < -0.4 is 4.74 Å². The van der Waals surface area contributed by atoms with Crippen LogP contribution in [-0.2, 0) is 13.0 Å². The smallest absolute Gasteiger partial charge is 0.118 e. The van der Waals surface area contributed by atoms with Crippen LogP contribution in [0.15, 0.2) is 54.7 Å². The second kappa shape index (κ2) is 5.59. The molecule has 0 unspecified atom stereocenters. The van der Waals surface area contributed by atoms with E-state index in [-0.39, 0.29) is 0 Å². The zero-order chi connectivity index (χ0) is 13.9. The van der Waals surface area contributed by atoms with E-state index in [4.69, 9.17) is 16.3 Å². The number of halogens is 1. The summed E-state index contributed by atoms with van der Waals surface area (Å²) < 4.78 is 7.43. The molecule has 2 aromatic carbocycles. The van der Waals surface area contributed by atoms with Crippen LogP contribution in [0.5, 0.6) is 5.75 Å². The van der Waals surface area contributed by atoms with Crippen molar-refractivity contribution < 1.29 is 4.74 Å². The Hall–Kier alpha value is -1.93. The first-order valence-electron chi connectivity index (χ1n) is 6.63. The number of nitrogens with zero attached hydrogens (tertiary/aromatic N) is 1. The Morgan fingerprint density at radius 1 is 1.05 bits per heavy atom. The molecule has 0 fully saturated rings. The highest BCUT2D eigenvalue weighted by atomic mass is 35.5. The molecule has 20 heavy (non-hydrogen) atoms. The highest BCUT2D eigenvalue weighted by molar-refractivity contribution is 6.31. The molecular formula is C17H16ClNO. The van der Waals surface area contributed by atoms with Gasteiger partial charge >= 0.3 is 0 Å². The number of aromatic nitrogens is 1. The van der Waals surface area contributed by atoms with Crippen LogP contribution in [0.3, 0.4) is 0 Å². The van der Waals surface area contributed by atoms with Gasteiger partial charge < -0.3 is 9.30 Å². The summed E-state index contributed by atoms with van der Waals surface area (Å²) >= 11 is 6.01. The largest absolute Gasteiger partial charge is 0.497 e. The van der Waals surface area contributed by atoms with Crippen molar-refractivity contribution in [3.05, 3.63) is 65.3 Å². The van der Waals surface area contributed by atoms with E-state index < -0.39 is 0 Å². The van der Waals surface area contributed by atoms with E-state index in [1.807, 2.05) is 24.3 Å². The van der Waals surface area contributed by atoms with Gasteiger partial charge in [-0.2, -0.15) is 0 Å². The summed E-state index contributed by atoms with van der Waals surface area (Å²) in [7, 11) is 1.69. The minimum absolute atomic E-state index is 0.783. The Morgan fingerprint density at radius 3 is 2.60 bits per heavy atom. The van der Waals surface area contributed by atoms with Gasteiger partial charge in [0.25, 0.3) is 0 Å². The fourth-order valence-corrected chi connectivity index (χ4v) is 2.59. The highest BCUT2D eigenvalue weighted by Gasteiger charge is 2.02. The molecule has 0 radical (unpaired) electrons. The summed E-state index contributed by atoms with van der Waals surface area (Å²) in [5.74, 6) is 0.898. The van der Waals surface area contributed by atoms with E-state index in [1.54, 1.807) is 7.11 Å². The Bertz CT molecular complexity index is 715. The lowest BCUT2D eigenvalue weighted by Crippen LogP contribution is -1.99. The molecule has 0 atom stereocenters. The highest BCUT2D eigenvalue weighted by Crippen LogP contribution is 2.21. The zero-order valence-electron chi connectivity index (χ0n) is 11.3. The monoisotopic (exact) mass is 285 g/mol. The van der Waals surface area contributed by atoms with E-state index in [0.717, 1.165) is 23.7 Å². The number of methoxy groups -OCH3 is 1. The van der Waals surface area contributed by atoms with Crippen molar-refractivity contribution in [2.24, 2.45) is 0 Å². The number of ether oxygens (including phenoxy) is 1. The number of fused-ring (bicyclic) bond motifs is 1. The summed E-state index contributed by atoms with van der Waals surface area (Å²) in [4.78, 5) is 0. The number of hydrogen-bond donors (Lipinski definition) is 0. The molecule has 3 heteroatoms. The molecule has 0 N–H and O–H groups in total. The maximum atomic E-state index is 6.01. The van der Waals surface area contributed by atoms with Crippen LogP contribution in [-0.4, -0.2) is 11.7 Å². The lowest BCUT2D eigenvalue weighted by molar-refractivity contribution is 0.414. The fraction of sp³-hybridized carbons (Fsp3) is 0.176. The molecule has 0 saturated heterocycles. The second-order valence-corrected chi connectivity index (χ2v) is 5.25. The number of hydrogen-bond acceptors (Lipinski definition) is 1. The molecule has 0 saturated carbocycles. The topological polar surface area (TPSA) is 14.2 Å². The maximum absolute atomic E-state index is 6.01. The normalized spacial score (nSPS) is 10.9. The van der Waals surface area contributed by atoms with Crippen molar-refractivity contribution in [1.82, 2.24) is 4.57 Å². The summed E-state index contributed by atoms with van der Waals surface area (Å²) in [5.41, 5.74) is 2.53. The van der Waals surface area contributed by atoms with Gasteiger partial charge in [0.15, 0.2) is 0 Å². The number of rotatable bonds is 4. The van der Waals surface area contributed by atoms with Crippen molar-refractivity contribution in [2.45, 2.75) is 13.0 Å². The summed E-state index contributed by atoms with van der Waals surface area (Å²) in [6.45, 7) is 0.956. The van der Waals surface area contributed by atoms with Gasteiger partial charge in [0.05, 0.1) is 7.11 Å². The molecule has 0 aliphatic heterocycles. The average molecular weight is 286 g/mol. The van der Waals surface area contributed by atoms with E-state index in [0.29, 0.717) is 0 Å². The molecular weight excluding hydrogens is 270 g/mol. The number of benzene rings is 2. The molecule has 102 valence electrons.